The van der Waals surface area contributed by atoms with Gasteiger partial charge < -0.3 is 15.3 Å². The van der Waals surface area contributed by atoms with E-state index in [4.69, 9.17) is 5.11 Å². The normalized spacial score (nSPS) is 17.8. The zero-order valence-electron chi connectivity index (χ0n) is 11.5. The lowest BCUT2D eigenvalue weighted by molar-refractivity contribution is -0.145. The van der Waals surface area contributed by atoms with E-state index in [-0.39, 0.29) is 17.4 Å². The fraction of sp³-hybridized carbons (Fsp3) is 0.846. The Morgan fingerprint density at radius 3 is 2.28 bits per heavy atom. The second-order valence-corrected chi connectivity index (χ2v) is 5.92. The SMILES string of the molecule is CC(C)(C)NCCC(=O)N1CCC(C(=O)O)CC1. The Hall–Kier alpha value is -1.10. The van der Waals surface area contributed by atoms with Gasteiger partial charge >= 0.3 is 5.97 Å². The number of aliphatic carboxylic acids is 1. The predicted molar refractivity (Wildman–Crippen MR) is 69.3 cm³/mol. The van der Waals surface area contributed by atoms with Crippen LogP contribution in [0.4, 0.5) is 0 Å². The maximum Gasteiger partial charge on any atom is 0.306 e. The van der Waals surface area contributed by atoms with E-state index in [1.165, 1.54) is 0 Å². The number of nitrogens with zero attached hydrogens (tertiary/aromatic N) is 1. The summed E-state index contributed by atoms with van der Waals surface area (Å²) < 4.78 is 0. The molecule has 0 aromatic rings. The van der Waals surface area contributed by atoms with Crippen molar-refractivity contribution < 1.29 is 14.7 Å². The van der Waals surface area contributed by atoms with Crippen LogP contribution in [0.3, 0.4) is 0 Å². The van der Waals surface area contributed by atoms with E-state index >= 15 is 0 Å². The van der Waals surface area contributed by atoms with Crippen molar-refractivity contribution in [2.45, 2.75) is 45.6 Å². The number of piperidine rings is 1. The van der Waals surface area contributed by atoms with Crippen LogP contribution in [0.5, 0.6) is 0 Å². The Morgan fingerprint density at radius 2 is 1.83 bits per heavy atom. The predicted octanol–water partition coefficient (Wildman–Crippen LogP) is 1.09. The number of carboxylic acid groups (broad SMARTS) is 1. The summed E-state index contributed by atoms with van der Waals surface area (Å²) in [6.45, 7) is 8.01. The van der Waals surface area contributed by atoms with E-state index in [2.05, 4.69) is 26.1 Å². The fourth-order valence-electron chi connectivity index (χ4n) is 2.08. The van der Waals surface area contributed by atoms with Crippen molar-refractivity contribution in [2.75, 3.05) is 19.6 Å². The van der Waals surface area contributed by atoms with Crippen molar-refractivity contribution in [3.05, 3.63) is 0 Å². The maximum absolute atomic E-state index is 11.9. The summed E-state index contributed by atoms with van der Waals surface area (Å²) in [6.07, 6.45) is 1.64. The van der Waals surface area contributed by atoms with E-state index in [0.717, 1.165) is 0 Å². The largest absolute Gasteiger partial charge is 0.481 e. The number of hydrogen-bond donors (Lipinski definition) is 2. The van der Waals surface area contributed by atoms with Crippen LogP contribution < -0.4 is 5.32 Å². The molecule has 1 rings (SSSR count). The molecule has 2 N–H and O–H groups in total. The van der Waals surface area contributed by atoms with Crippen LogP contribution in [-0.2, 0) is 9.59 Å². The van der Waals surface area contributed by atoms with Crippen LogP contribution in [0.15, 0.2) is 0 Å². The molecule has 5 nitrogen and oxygen atoms in total. The molecule has 0 atom stereocenters. The third-order valence-corrected chi connectivity index (χ3v) is 3.19. The van der Waals surface area contributed by atoms with Crippen LogP contribution in [0.25, 0.3) is 0 Å². The van der Waals surface area contributed by atoms with E-state index in [1.807, 2.05) is 0 Å². The fourth-order valence-corrected chi connectivity index (χ4v) is 2.08. The molecule has 0 aromatic carbocycles. The van der Waals surface area contributed by atoms with Gasteiger partial charge in [-0.25, -0.2) is 0 Å². The molecule has 0 aliphatic carbocycles. The van der Waals surface area contributed by atoms with Gasteiger partial charge in [0.1, 0.15) is 0 Å². The first-order valence-corrected chi connectivity index (χ1v) is 6.55. The minimum atomic E-state index is -0.739. The lowest BCUT2D eigenvalue weighted by atomic mass is 9.97. The molecule has 104 valence electrons. The van der Waals surface area contributed by atoms with Gasteiger partial charge in [0.05, 0.1) is 5.92 Å². The van der Waals surface area contributed by atoms with Gasteiger partial charge in [-0.05, 0) is 33.6 Å². The molecular weight excluding hydrogens is 232 g/mol. The van der Waals surface area contributed by atoms with E-state index in [9.17, 15) is 9.59 Å². The topological polar surface area (TPSA) is 69.6 Å². The smallest absolute Gasteiger partial charge is 0.306 e. The first-order chi connectivity index (χ1) is 8.29. The monoisotopic (exact) mass is 256 g/mol. The third-order valence-electron chi connectivity index (χ3n) is 3.19. The quantitative estimate of drug-likeness (QED) is 0.790. The lowest BCUT2D eigenvalue weighted by Crippen LogP contribution is -2.43. The number of carbonyl (C=O) groups is 2. The summed E-state index contributed by atoms with van der Waals surface area (Å²) in [7, 11) is 0. The molecule has 1 heterocycles. The lowest BCUT2D eigenvalue weighted by Gasteiger charge is -2.30. The van der Waals surface area contributed by atoms with Gasteiger partial charge in [-0.3, -0.25) is 9.59 Å². The van der Waals surface area contributed by atoms with Crippen molar-refractivity contribution in [3.8, 4) is 0 Å². The highest BCUT2D eigenvalue weighted by atomic mass is 16.4. The van der Waals surface area contributed by atoms with E-state index in [1.54, 1.807) is 4.90 Å². The first kappa shape index (κ1) is 15.0. The first-order valence-electron chi connectivity index (χ1n) is 6.55. The van der Waals surface area contributed by atoms with Gasteiger partial charge in [-0.15, -0.1) is 0 Å². The summed E-state index contributed by atoms with van der Waals surface area (Å²) in [5.41, 5.74) is 0.0244. The highest BCUT2D eigenvalue weighted by Gasteiger charge is 2.26. The van der Waals surface area contributed by atoms with Crippen molar-refractivity contribution in [2.24, 2.45) is 5.92 Å². The molecule has 0 aromatic heterocycles. The summed E-state index contributed by atoms with van der Waals surface area (Å²) in [4.78, 5) is 24.5. The van der Waals surface area contributed by atoms with Gasteiger partial charge in [-0.2, -0.15) is 0 Å². The summed E-state index contributed by atoms with van der Waals surface area (Å²) in [6, 6.07) is 0. The van der Waals surface area contributed by atoms with Gasteiger partial charge in [0.2, 0.25) is 5.91 Å². The highest BCUT2D eigenvalue weighted by molar-refractivity contribution is 5.77. The van der Waals surface area contributed by atoms with Crippen molar-refractivity contribution in [1.29, 1.82) is 0 Å². The second-order valence-electron chi connectivity index (χ2n) is 5.92. The Bertz CT molecular complexity index is 302. The Balaban J connectivity index is 2.26. The number of amides is 1. The molecule has 18 heavy (non-hydrogen) atoms. The zero-order chi connectivity index (χ0) is 13.8. The van der Waals surface area contributed by atoms with Crippen LogP contribution in [0.1, 0.15) is 40.0 Å². The molecule has 5 heteroatoms. The molecular formula is C13H24N2O3. The highest BCUT2D eigenvalue weighted by Crippen LogP contribution is 2.17. The molecule has 0 saturated carbocycles. The zero-order valence-corrected chi connectivity index (χ0v) is 11.5. The molecule has 1 aliphatic heterocycles. The van der Waals surface area contributed by atoms with Gasteiger partial charge in [0.15, 0.2) is 0 Å². The molecule has 0 spiro atoms. The summed E-state index contributed by atoms with van der Waals surface area (Å²) >= 11 is 0. The summed E-state index contributed by atoms with van der Waals surface area (Å²) in [5.74, 6) is -0.895. The van der Waals surface area contributed by atoms with Crippen LogP contribution in [0, 0.1) is 5.92 Å². The minimum Gasteiger partial charge on any atom is -0.481 e. The Morgan fingerprint density at radius 1 is 1.28 bits per heavy atom. The molecule has 0 unspecified atom stereocenters. The van der Waals surface area contributed by atoms with Gasteiger partial charge in [0, 0.05) is 31.6 Å². The van der Waals surface area contributed by atoms with Crippen LogP contribution in [-0.4, -0.2) is 47.1 Å². The van der Waals surface area contributed by atoms with Gasteiger partial charge in [-0.1, -0.05) is 0 Å². The maximum atomic E-state index is 11.9. The number of likely N-dealkylation sites (tertiary alicyclic amines) is 1. The molecule has 1 fully saturated rings. The van der Waals surface area contributed by atoms with Crippen LogP contribution >= 0.6 is 0 Å². The van der Waals surface area contributed by atoms with E-state index < -0.39 is 5.97 Å². The average molecular weight is 256 g/mol. The molecule has 1 aliphatic rings. The standard InChI is InChI=1S/C13H24N2O3/c1-13(2,3)14-7-4-11(16)15-8-5-10(6-9-15)12(17)18/h10,14H,4-9H2,1-3H3,(H,17,18). The Kier molecular flexibility index (Phi) is 5.14. The molecule has 1 amide bonds. The average Bonchev–Trinajstić information content (AvgIpc) is 2.27. The van der Waals surface area contributed by atoms with Crippen LogP contribution in [0.2, 0.25) is 0 Å². The Labute approximate surface area is 109 Å². The number of nitrogens with one attached hydrogen (secondary N) is 1. The number of carbonyl (C=O) groups excluding carboxylic acids is 1. The molecule has 0 radical (unpaired) electrons. The van der Waals surface area contributed by atoms with Crippen molar-refractivity contribution >= 4 is 11.9 Å². The molecule has 1 saturated heterocycles. The second kappa shape index (κ2) is 6.18. The molecule has 0 bridgehead atoms. The van der Waals surface area contributed by atoms with Crippen molar-refractivity contribution in [3.63, 3.8) is 0 Å². The minimum absolute atomic E-state index is 0.0244. The van der Waals surface area contributed by atoms with Gasteiger partial charge in [0.25, 0.3) is 0 Å². The van der Waals surface area contributed by atoms with E-state index in [0.29, 0.717) is 38.9 Å². The summed E-state index contributed by atoms with van der Waals surface area (Å²) in [5, 5.41) is 12.2. The number of rotatable bonds is 4. The number of carboxylic acids is 1. The van der Waals surface area contributed by atoms with Crippen molar-refractivity contribution in [1.82, 2.24) is 10.2 Å². The number of hydrogen-bond acceptors (Lipinski definition) is 3. The third kappa shape index (κ3) is 5.04.